The van der Waals surface area contributed by atoms with Crippen LogP contribution in [-0.2, 0) is 0 Å². The molecule has 2 rings (SSSR count). The highest BCUT2D eigenvalue weighted by atomic mass is 35.5. The second-order valence-corrected chi connectivity index (χ2v) is 4.79. The summed E-state index contributed by atoms with van der Waals surface area (Å²) in [6.45, 7) is 9.55. The molecule has 20 heavy (non-hydrogen) atoms. The number of allylic oxidation sites excluding steroid dienone is 2. The Bertz CT molecular complexity index is 676. The largest absolute Gasteiger partial charge is 0.363 e. The van der Waals surface area contributed by atoms with Crippen LogP contribution in [0.15, 0.2) is 61.5 Å². The van der Waals surface area contributed by atoms with E-state index in [0.29, 0.717) is 5.02 Å². The Labute approximate surface area is 123 Å². The molecule has 1 aromatic carbocycles. The number of benzene rings is 1. The number of anilines is 1. The number of halogens is 1. The molecule has 1 atom stereocenters. The third-order valence-electron chi connectivity index (χ3n) is 3.00. The Morgan fingerprint density at radius 1 is 1.35 bits per heavy atom. The molecule has 0 aliphatic carbocycles. The van der Waals surface area contributed by atoms with Crippen molar-refractivity contribution in [2.75, 3.05) is 5.32 Å². The predicted octanol–water partition coefficient (Wildman–Crippen LogP) is 4.38. The van der Waals surface area contributed by atoms with Crippen LogP contribution in [0, 0.1) is 0 Å². The molecular formula is C16H16ClN3. The number of hydrogen-bond acceptors (Lipinski definition) is 3. The normalized spacial score (nSPS) is 13.0. The second kappa shape index (κ2) is 6.35. The van der Waals surface area contributed by atoms with E-state index in [0.717, 1.165) is 22.3 Å². The van der Waals surface area contributed by atoms with Crippen molar-refractivity contribution < 1.29 is 0 Å². The highest BCUT2D eigenvalue weighted by molar-refractivity contribution is 6.31. The number of nitrogens with one attached hydrogen (secondary N) is 1. The summed E-state index contributed by atoms with van der Waals surface area (Å²) in [6.07, 6.45) is 7.00. The molecule has 0 spiro atoms. The lowest BCUT2D eigenvalue weighted by atomic mass is 10.1. The van der Waals surface area contributed by atoms with E-state index in [-0.39, 0.29) is 6.04 Å². The lowest BCUT2D eigenvalue weighted by molar-refractivity contribution is 0.940. The molecule has 0 aliphatic heterocycles. The van der Waals surface area contributed by atoms with Crippen molar-refractivity contribution in [3.05, 3.63) is 66.5 Å². The van der Waals surface area contributed by atoms with Crippen LogP contribution in [0.5, 0.6) is 0 Å². The number of fused-ring (bicyclic) bond motifs is 1. The van der Waals surface area contributed by atoms with Crippen molar-refractivity contribution in [2.45, 2.75) is 13.0 Å². The first-order valence-corrected chi connectivity index (χ1v) is 6.65. The van der Waals surface area contributed by atoms with Gasteiger partial charge in [0.1, 0.15) is 12.1 Å². The van der Waals surface area contributed by atoms with Crippen LogP contribution >= 0.6 is 11.6 Å². The first-order chi connectivity index (χ1) is 9.65. The van der Waals surface area contributed by atoms with Gasteiger partial charge in [-0.05, 0) is 30.7 Å². The molecular weight excluding hydrogens is 270 g/mol. The molecule has 0 fully saturated rings. The second-order valence-electron chi connectivity index (χ2n) is 4.36. The summed E-state index contributed by atoms with van der Waals surface area (Å²) in [4.78, 5) is 8.53. The van der Waals surface area contributed by atoms with Crippen LogP contribution in [0.2, 0.25) is 5.02 Å². The highest BCUT2D eigenvalue weighted by Gasteiger charge is 2.09. The first kappa shape index (κ1) is 14.3. The van der Waals surface area contributed by atoms with E-state index in [1.807, 2.05) is 31.2 Å². The van der Waals surface area contributed by atoms with E-state index < -0.39 is 0 Å². The van der Waals surface area contributed by atoms with E-state index in [2.05, 4.69) is 28.4 Å². The summed E-state index contributed by atoms with van der Waals surface area (Å²) in [5, 5.41) is 4.91. The maximum Gasteiger partial charge on any atom is 0.137 e. The van der Waals surface area contributed by atoms with Crippen molar-refractivity contribution in [3.63, 3.8) is 0 Å². The van der Waals surface area contributed by atoms with Gasteiger partial charge in [-0.3, -0.25) is 0 Å². The van der Waals surface area contributed by atoms with Gasteiger partial charge in [-0.2, -0.15) is 0 Å². The van der Waals surface area contributed by atoms with Crippen molar-refractivity contribution in [3.8, 4) is 0 Å². The van der Waals surface area contributed by atoms with Crippen molar-refractivity contribution >= 4 is 28.3 Å². The average molecular weight is 286 g/mol. The van der Waals surface area contributed by atoms with Gasteiger partial charge in [-0.25, -0.2) is 9.97 Å². The molecule has 1 unspecified atom stereocenters. The van der Waals surface area contributed by atoms with Gasteiger partial charge in [0, 0.05) is 16.5 Å². The zero-order valence-corrected chi connectivity index (χ0v) is 12.1. The Balaban J connectivity index is 2.38. The molecule has 0 bridgehead atoms. The minimum absolute atomic E-state index is 0.0579. The van der Waals surface area contributed by atoms with Crippen molar-refractivity contribution in [1.82, 2.24) is 9.97 Å². The van der Waals surface area contributed by atoms with E-state index in [1.54, 1.807) is 12.2 Å². The van der Waals surface area contributed by atoms with Gasteiger partial charge in [-0.1, -0.05) is 43.0 Å². The molecule has 0 amide bonds. The van der Waals surface area contributed by atoms with Gasteiger partial charge in [0.2, 0.25) is 0 Å². The Kier molecular flexibility index (Phi) is 4.53. The zero-order chi connectivity index (χ0) is 14.5. The molecule has 1 heterocycles. The summed E-state index contributed by atoms with van der Waals surface area (Å²) in [5.74, 6) is 0.752. The molecule has 4 heteroatoms. The predicted molar refractivity (Wildman–Crippen MR) is 86.1 cm³/mol. The molecule has 2 aromatic rings. The van der Waals surface area contributed by atoms with Gasteiger partial charge in [-0.15, -0.1) is 0 Å². The summed E-state index contributed by atoms with van der Waals surface area (Å²) in [6, 6.07) is 5.61. The van der Waals surface area contributed by atoms with Crippen molar-refractivity contribution in [2.24, 2.45) is 0 Å². The van der Waals surface area contributed by atoms with Crippen LogP contribution in [0.25, 0.3) is 10.9 Å². The standard InChI is InChI=1S/C16H16ClN3/c1-4-6-12(5-2)11(3)20-16-14-9-13(17)7-8-15(14)18-10-19-16/h4-11H,1-2H2,3H3,(H,18,19,20)/b12-6+. The minimum Gasteiger partial charge on any atom is -0.363 e. The van der Waals surface area contributed by atoms with Crippen LogP contribution in [0.3, 0.4) is 0 Å². The molecule has 1 aromatic heterocycles. The Morgan fingerprint density at radius 2 is 2.15 bits per heavy atom. The van der Waals surface area contributed by atoms with E-state index in [4.69, 9.17) is 11.6 Å². The SMILES string of the molecule is C=C/C=C(\C=C)C(C)Nc1ncnc2ccc(Cl)cc12. The van der Waals surface area contributed by atoms with E-state index in [1.165, 1.54) is 6.33 Å². The highest BCUT2D eigenvalue weighted by Crippen LogP contribution is 2.24. The molecule has 0 radical (unpaired) electrons. The quantitative estimate of drug-likeness (QED) is 0.828. The lowest BCUT2D eigenvalue weighted by Crippen LogP contribution is -2.18. The fourth-order valence-electron chi connectivity index (χ4n) is 1.96. The topological polar surface area (TPSA) is 37.8 Å². The molecule has 102 valence electrons. The fourth-order valence-corrected chi connectivity index (χ4v) is 2.13. The number of aromatic nitrogens is 2. The van der Waals surface area contributed by atoms with Crippen LogP contribution in [0.4, 0.5) is 5.82 Å². The van der Waals surface area contributed by atoms with Gasteiger partial charge in [0.25, 0.3) is 0 Å². The maximum atomic E-state index is 6.04. The third-order valence-corrected chi connectivity index (χ3v) is 3.23. The minimum atomic E-state index is 0.0579. The van der Waals surface area contributed by atoms with Gasteiger partial charge >= 0.3 is 0 Å². The van der Waals surface area contributed by atoms with Gasteiger partial charge < -0.3 is 5.32 Å². The lowest BCUT2D eigenvalue weighted by Gasteiger charge is -2.16. The molecule has 0 saturated heterocycles. The monoisotopic (exact) mass is 285 g/mol. The van der Waals surface area contributed by atoms with Crippen LogP contribution in [0.1, 0.15) is 6.92 Å². The van der Waals surface area contributed by atoms with Gasteiger partial charge in [0.05, 0.1) is 5.52 Å². The van der Waals surface area contributed by atoms with E-state index >= 15 is 0 Å². The smallest absolute Gasteiger partial charge is 0.137 e. The fraction of sp³-hybridized carbons (Fsp3) is 0.125. The first-order valence-electron chi connectivity index (χ1n) is 6.27. The number of rotatable bonds is 5. The summed E-state index contributed by atoms with van der Waals surface area (Å²) >= 11 is 6.04. The molecule has 0 aliphatic rings. The summed E-state index contributed by atoms with van der Waals surface area (Å²) < 4.78 is 0. The van der Waals surface area contributed by atoms with E-state index in [9.17, 15) is 0 Å². The Hall–Kier alpha value is -2.13. The number of hydrogen-bond donors (Lipinski definition) is 1. The molecule has 0 saturated carbocycles. The zero-order valence-electron chi connectivity index (χ0n) is 11.3. The molecule has 3 nitrogen and oxygen atoms in total. The average Bonchev–Trinajstić information content (AvgIpc) is 2.45. The number of nitrogens with zero attached hydrogens (tertiary/aromatic N) is 2. The van der Waals surface area contributed by atoms with Crippen LogP contribution in [-0.4, -0.2) is 16.0 Å². The molecule has 1 N–H and O–H groups in total. The summed E-state index contributed by atoms with van der Waals surface area (Å²) in [7, 11) is 0. The van der Waals surface area contributed by atoms with Crippen LogP contribution < -0.4 is 5.32 Å². The maximum absolute atomic E-state index is 6.04. The van der Waals surface area contributed by atoms with Gasteiger partial charge in [0.15, 0.2) is 0 Å². The van der Waals surface area contributed by atoms with Crippen molar-refractivity contribution in [1.29, 1.82) is 0 Å². The Morgan fingerprint density at radius 3 is 2.85 bits per heavy atom. The third kappa shape index (κ3) is 3.06. The summed E-state index contributed by atoms with van der Waals surface area (Å²) in [5.41, 5.74) is 1.89.